The van der Waals surface area contributed by atoms with Crippen LogP contribution in [0.3, 0.4) is 0 Å². The van der Waals surface area contributed by atoms with Gasteiger partial charge in [-0.2, -0.15) is 0 Å². The summed E-state index contributed by atoms with van der Waals surface area (Å²) < 4.78 is 27.7. The van der Waals surface area contributed by atoms with Crippen molar-refractivity contribution in [2.45, 2.75) is 24.3 Å². The fraction of sp³-hybridized carbons (Fsp3) is 0.273. The molecule has 0 aliphatic carbocycles. The molecule has 0 aliphatic rings. The first-order valence-corrected chi connectivity index (χ1v) is 12.4. The number of aromatic nitrogens is 2. The van der Waals surface area contributed by atoms with Crippen molar-refractivity contribution in [3.8, 4) is 11.3 Å². The molecule has 1 unspecified atom stereocenters. The van der Waals surface area contributed by atoms with E-state index in [1.165, 1.54) is 18.3 Å². The molecule has 0 saturated heterocycles. The molecule has 3 rings (SSSR count). The van der Waals surface area contributed by atoms with Gasteiger partial charge in [0.25, 0.3) is 0 Å². The summed E-state index contributed by atoms with van der Waals surface area (Å²) in [7, 11) is -3.87. The Kier molecular flexibility index (Phi) is 8.63. The first-order chi connectivity index (χ1) is 15.7. The summed E-state index contributed by atoms with van der Waals surface area (Å²) in [5, 5.41) is 20.6. The number of aliphatic hydroxyl groups is 2. The normalized spacial score (nSPS) is 12.5. The summed E-state index contributed by atoms with van der Waals surface area (Å²) in [6.07, 6.45) is 1.20. The Balaban J connectivity index is 1.76. The van der Waals surface area contributed by atoms with Crippen molar-refractivity contribution in [2.24, 2.45) is 0 Å². The van der Waals surface area contributed by atoms with Crippen molar-refractivity contribution in [2.75, 3.05) is 24.7 Å². The van der Waals surface area contributed by atoms with Gasteiger partial charge in [0.05, 0.1) is 27.9 Å². The Morgan fingerprint density at radius 3 is 2.52 bits per heavy atom. The third kappa shape index (κ3) is 6.41. The number of benzene rings is 2. The summed E-state index contributed by atoms with van der Waals surface area (Å²) in [4.78, 5) is 10.2. The third-order valence-electron chi connectivity index (χ3n) is 4.82. The lowest BCUT2D eigenvalue weighted by molar-refractivity contribution is 0.182. The zero-order valence-corrected chi connectivity index (χ0v) is 20.1. The van der Waals surface area contributed by atoms with E-state index in [0.29, 0.717) is 39.4 Å². The molecule has 0 spiro atoms. The Morgan fingerprint density at radius 1 is 1.15 bits per heavy atom. The Labute approximate surface area is 202 Å². The molecule has 0 saturated carbocycles. The van der Waals surface area contributed by atoms with Gasteiger partial charge in [-0.1, -0.05) is 54.4 Å². The lowest BCUT2D eigenvalue weighted by Crippen LogP contribution is -2.28. The van der Waals surface area contributed by atoms with E-state index in [2.05, 4.69) is 14.7 Å². The zero-order valence-electron chi connectivity index (χ0n) is 17.8. The minimum atomic E-state index is -3.87. The van der Waals surface area contributed by atoms with E-state index in [1.54, 1.807) is 41.3 Å². The SMILES string of the molecule is CCCN(CO)c1ncc(Cl)c(-c2ccc(S(=O)(=O)NCC(O)c3cccc(Cl)c3)cc2)n1. The van der Waals surface area contributed by atoms with Crippen LogP contribution in [0.1, 0.15) is 25.0 Å². The van der Waals surface area contributed by atoms with Crippen LogP contribution in [0.15, 0.2) is 59.6 Å². The van der Waals surface area contributed by atoms with Crippen LogP contribution in [0, 0.1) is 0 Å². The van der Waals surface area contributed by atoms with E-state index in [4.69, 9.17) is 23.2 Å². The summed E-state index contributed by atoms with van der Waals surface area (Å²) in [6, 6.07) is 12.6. The molecule has 3 aromatic rings. The van der Waals surface area contributed by atoms with Gasteiger partial charge in [-0.3, -0.25) is 0 Å². The van der Waals surface area contributed by atoms with Crippen molar-refractivity contribution in [1.29, 1.82) is 0 Å². The van der Waals surface area contributed by atoms with Crippen LogP contribution in [0.5, 0.6) is 0 Å². The van der Waals surface area contributed by atoms with Crippen LogP contribution in [-0.4, -0.2) is 48.4 Å². The molecule has 3 N–H and O–H groups in total. The zero-order chi connectivity index (χ0) is 24.0. The lowest BCUT2D eigenvalue weighted by atomic mass is 10.1. The highest BCUT2D eigenvalue weighted by Gasteiger charge is 2.18. The topological polar surface area (TPSA) is 116 Å². The second-order valence-electron chi connectivity index (χ2n) is 7.22. The van der Waals surface area contributed by atoms with Gasteiger partial charge in [0.2, 0.25) is 16.0 Å². The average Bonchev–Trinajstić information content (AvgIpc) is 2.81. The summed E-state index contributed by atoms with van der Waals surface area (Å²) >= 11 is 12.2. The quantitative estimate of drug-likeness (QED) is 0.356. The molecule has 8 nitrogen and oxygen atoms in total. The number of hydrogen-bond acceptors (Lipinski definition) is 7. The fourth-order valence-corrected chi connectivity index (χ4v) is 4.55. The van der Waals surface area contributed by atoms with Gasteiger partial charge in [-0.25, -0.2) is 23.1 Å². The Bertz CT molecular complexity index is 1190. The van der Waals surface area contributed by atoms with Crippen LogP contribution in [-0.2, 0) is 10.0 Å². The molecule has 0 amide bonds. The van der Waals surface area contributed by atoms with Crippen molar-refractivity contribution in [3.05, 3.63) is 70.3 Å². The molecule has 11 heteroatoms. The van der Waals surface area contributed by atoms with Gasteiger partial charge < -0.3 is 15.1 Å². The molecule has 0 radical (unpaired) electrons. The van der Waals surface area contributed by atoms with Crippen LogP contribution >= 0.6 is 23.2 Å². The Hall–Kier alpha value is -2.27. The summed E-state index contributed by atoms with van der Waals surface area (Å²) in [6.45, 7) is 2.10. The van der Waals surface area contributed by atoms with E-state index < -0.39 is 16.1 Å². The maximum atomic E-state index is 12.7. The fourth-order valence-electron chi connectivity index (χ4n) is 3.11. The number of halogens is 2. The molecule has 1 aromatic heterocycles. The van der Waals surface area contributed by atoms with E-state index in [-0.39, 0.29) is 18.2 Å². The number of anilines is 1. The maximum absolute atomic E-state index is 12.7. The van der Waals surface area contributed by atoms with Crippen LogP contribution in [0.2, 0.25) is 10.0 Å². The number of nitrogens with zero attached hydrogens (tertiary/aromatic N) is 3. The van der Waals surface area contributed by atoms with Crippen LogP contribution in [0.25, 0.3) is 11.3 Å². The molecule has 176 valence electrons. The maximum Gasteiger partial charge on any atom is 0.240 e. The highest BCUT2D eigenvalue weighted by atomic mass is 35.5. The van der Waals surface area contributed by atoms with E-state index in [0.717, 1.165) is 6.42 Å². The first-order valence-electron chi connectivity index (χ1n) is 10.2. The van der Waals surface area contributed by atoms with Gasteiger partial charge in [0, 0.05) is 23.7 Å². The molecule has 33 heavy (non-hydrogen) atoms. The predicted octanol–water partition coefficient (Wildman–Crippen LogP) is 3.63. The van der Waals surface area contributed by atoms with Gasteiger partial charge in [0.1, 0.15) is 6.73 Å². The van der Waals surface area contributed by atoms with Crippen LogP contribution < -0.4 is 9.62 Å². The molecule has 1 atom stereocenters. The van der Waals surface area contributed by atoms with Gasteiger partial charge in [-0.05, 0) is 36.2 Å². The average molecular weight is 511 g/mol. The molecule has 1 heterocycles. The second kappa shape index (κ2) is 11.2. The predicted molar refractivity (Wildman–Crippen MR) is 129 cm³/mol. The van der Waals surface area contributed by atoms with Crippen molar-refractivity contribution < 1.29 is 18.6 Å². The Morgan fingerprint density at radius 2 is 1.88 bits per heavy atom. The van der Waals surface area contributed by atoms with Crippen molar-refractivity contribution in [3.63, 3.8) is 0 Å². The smallest absolute Gasteiger partial charge is 0.240 e. The molecule has 0 bridgehead atoms. The second-order valence-corrected chi connectivity index (χ2v) is 9.83. The van der Waals surface area contributed by atoms with Gasteiger partial charge >= 0.3 is 0 Å². The van der Waals surface area contributed by atoms with E-state index in [1.807, 2.05) is 6.92 Å². The summed E-state index contributed by atoms with van der Waals surface area (Å²) in [5.74, 6) is 0.326. The standard InChI is InChI=1S/C22H24Cl2N4O4S/c1-2-10-28(14-29)22-25-12-19(24)21(27-22)15-6-8-18(9-7-15)33(31,32)26-13-20(30)16-4-3-5-17(23)11-16/h3-9,11-12,20,26,29-30H,2,10,13-14H2,1H3. The largest absolute Gasteiger partial charge is 0.387 e. The minimum Gasteiger partial charge on any atom is -0.387 e. The molecule has 0 aliphatic heterocycles. The van der Waals surface area contributed by atoms with Crippen molar-refractivity contribution >= 4 is 39.2 Å². The van der Waals surface area contributed by atoms with Gasteiger partial charge in [-0.15, -0.1) is 0 Å². The third-order valence-corrected chi connectivity index (χ3v) is 6.77. The van der Waals surface area contributed by atoms with Gasteiger partial charge in [0.15, 0.2) is 0 Å². The number of hydrogen-bond donors (Lipinski definition) is 3. The lowest BCUT2D eigenvalue weighted by Gasteiger charge is -2.19. The molecule has 2 aromatic carbocycles. The summed E-state index contributed by atoms with van der Waals surface area (Å²) in [5.41, 5.74) is 1.52. The number of sulfonamides is 1. The first kappa shape index (κ1) is 25.4. The molecule has 0 fully saturated rings. The monoisotopic (exact) mass is 510 g/mol. The highest BCUT2D eigenvalue weighted by Crippen LogP contribution is 2.28. The minimum absolute atomic E-state index is 0.0258. The molecular formula is C22H24Cl2N4O4S. The van der Waals surface area contributed by atoms with Crippen LogP contribution in [0.4, 0.5) is 5.95 Å². The van der Waals surface area contributed by atoms with E-state index in [9.17, 15) is 18.6 Å². The highest BCUT2D eigenvalue weighted by molar-refractivity contribution is 7.89. The van der Waals surface area contributed by atoms with Crippen molar-refractivity contribution in [1.82, 2.24) is 14.7 Å². The number of nitrogens with one attached hydrogen (secondary N) is 1. The molecular weight excluding hydrogens is 487 g/mol. The number of aliphatic hydroxyl groups excluding tert-OH is 2. The van der Waals surface area contributed by atoms with E-state index >= 15 is 0 Å². The number of rotatable bonds is 10.